The zero-order valence-electron chi connectivity index (χ0n) is 11.7. The van der Waals surface area contributed by atoms with E-state index in [0.29, 0.717) is 22.9 Å². The molecule has 0 saturated heterocycles. The van der Waals surface area contributed by atoms with Crippen molar-refractivity contribution < 1.29 is 19.1 Å². The van der Waals surface area contributed by atoms with Crippen LogP contribution in [0.4, 0.5) is 0 Å². The van der Waals surface area contributed by atoms with Crippen molar-refractivity contribution in [1.29, 1.82) is 0 Å². The van der Waals surface area contributed by atoms with Crippen LogP contribution in [0.15, 0.2) is 24.3 Å². The van der Waals surface area contributed by atoms with Gasteiger partial charge in [-0.25, -0.2) is 4.79 Å². The Morgan fingerprint density at radius 3 is 2.60 bits per heavy atom. The van der Waals surface area contributed by atoms with Gasteiger partial charge in [0.05, 0.1) is 19.3 Å². The topological polar surface area (TPSA) is 52.6 Å². The molecule has 0 atom stereocenters. The first kappa shape index (κ1) is 16.2. The van der Waals surface area contributed by atoms with Crippen molar-refractivity contribution in [2.24, 2.45) is 0 Å². The van der Waals surface area contributed by atoms with E-state index >= 15 is 0 Å². The largest absolute Gasteiger partial charge is 0.493 e. The quantitative estimate of drug-likeness (QED) is 0.459. The summed E-state index contributed by atoms with van der Waals surface area (Å²) in [4.78, 5) is 23.1. The highest BCUT2D eigenvalue weighted by Gasteiger charge is 2.13. The van der Waals surface area contributed by atoms with E-state index in [2.05, 4.69) is 4.74 Å². The number of carbonyl (C=O) groups is 2. The third-order valence-electron chi connectivity index (χ3n) is 2.56. The Hall–Kier alpha value is -1.81. The normalized spacial score (nSPS) is 10.6. The predicted molar refractivity (Wildman–Crippen MR) is 77.5 cm³/mol. The SMILES string of the molecule is CCCOc1cc(C)c(Cl)cc1C(=O)/C=C/C(=O)OC. The van der Waals surface area contributed by atoms with Gasteiger partial charge in [-0.15, -0.1) is 0 Å². The fraction of sp³-hybridized carbons (Fsp3) is 0.333. The molecule has 0 bridgehead atoms. The number of ether oxygens (including phenoxy) is 2. The van der Waals surface area contributed by atoms with E-state index in [0.717, 1.165) is 24.1 Å². The number of aryl methyl sites for hydroxylation is 1. The monoisotopic (exact) mass is 296 g/mol. The van der Waals surface area contributed by atoms with Crippen LogP contribution >= 0.6 is 11.6 Å². The molecular formula is C15H17ClO4. The Morgan fingerprint density at radius 1 is 1.30 bits per heavy atom. The molecular weight excluding hydrogens is 280 g/mol. The van der Waals surface area contributed by atoms with Gasteiger partial charge in [0.25, 0.3) is 0 Å². The summed E-state index contributed by atoms with van der Waals surface area (Å²) >= 11 is 6.03. The van der Waals surface area contributed by atoms with Gasteiger partial charge in [0.15, 0.2) is 5.78 Å². The van der Waals surface area contributed by atoms with Crippen LogP contribution in [0.3, 0.4) is 0 Å². The summed E-state index contributed by atoms with van der Waals surface area (Å²) in [6.45, 7) is 4.31. The number of hydrogen-bond acceptors (Lipinski definition) is 4. The molecule has 0 aromatic heterocycles. The molecule has 0 heterocycles. The van der Waals surface area contributed by atoms with Crippen LogP contribution in [0.25, 0.3) is 0 Å². The van der Waals surface area contributed by atoms with Crippen LogP contribution in [0, 0.1) is 6.92 Å². The van der Waals surface area contributed by atoms with Crippen molar-refractivity contribution in [3.8, 4) is 5.75 Å². The highest BCUT2D eigenvalue weighted by atomic mass is 35.5. The van der Waals surface area contributed by atoms with Crippen LogP contribution in [0.5, 0.6) is 5.75 Å². The maximum absolute atomic E-state index is 12.1. The summed E-state index contributed by atoms with van der Waals surface area (Å²) in [7, 11) is 1.25. The number of hydrogen-bond donors (Lipinski definition) is 0. The van der Waals surface area contributed by atoms with Crippen LogP contribution in [-0.2, 0) is 9.53 Å². The van der Waals surface area contributed by atoms with Gasteiger partial charge in [0.1, 0.15) is 5.75 Å². The summed E-state index contributed by atoms with van der Waals surface area (Å²) in [5.74, 6) is -0.482. The fourth-order valence-corrected chi connectivity index (χ4v) is 1.64. The van der Waals surface area contributed by atoms with E-state index in [4.69, 9.17) is 16.3 Å². The molecule has 0 aliphatic rings. The molecule has 0 saturated carbocycles. The van der Waals surface area contributed by atoms with E-state index < -0.39 is 5.97 Å². The lowest BCUT2D eigenvalue weighted by Crippen LogP contribution is -2.05. The molecule has 1 rings (SSSR count). The third kappa shape index (κ3) is 4.38. The lowest BCUT2D eigenvalue weighted by atomic mass is 10.1. The average Bonchev–Trinajstić information content (AvgIpc) is 2.45. The minimum Gasteiger partial charge on any atom is -0.493 e. The second-order valence-electron chi connectivity index (χ2n) is 4.17. The lowest BCUT2D eigenvalue weighted by molar-refractivity contribution is -0.134. The minimum atomic E-state index is -0.590. The van der Waals surface area contributed by atoms with Gasteiger partial charge >= 0.3 is 5.97 Å². The van der Waals surface area contributed by atoms with Gasteiger partial charge in [-0.1, -0.05) is 18.5 Å². The Morgan fingerprint density at radius 2 is 2.00 bits per heavy atom. The molecule has 0 unspecified atom stereocenters. The van der Waals surface area contributed by atoms with Crippen molar-refractivity contribution in [1.82, 2.24) is 0 Å². The van der Waals surface area contributed by atoms with Gasteiger partial charge in [-0.05, 0) is 37.1 Å². The Balaban J connectivity index is 3.07. The maximum Gasteiger partial charge on any atom is 0.330 e. The Bertz CT molecular complexity index is 535. The van der Waals surface area contributed by atoms with Gasteiger partial charge in [-0.2, -0.15) is 0 Å². The number of carbonyl (C=O) groups excluding carboxylic acids is 2. The van der Waals surface area contributed by atoms with Crippen LogP contribution in [0.2, 0.25) is 5.02 Å². The second-order valence-corrected chi connectivity index (χ2v) is 4.57. The van der Waals surface area contributed by atoms with Crippen LogP contribution in [-0.4, -0.2) is 25.5 Å². The molecule has 108 valence electrons. The lowest BCUT2D eigenvalue weighted by Gasteiger charge is -2.11. The minimum absolute atomic E-state index is 0.328. The van der Waals surface area contributed by atoms with Crippen molar-refractivity contribution >= 4 is 23.4 Å². The zero-order chi connectivity index (χ0) is 15.1. The molecule has 0 radical (unpaired) electrons. The summed E-state index contributed by atoms with van der Waals surface area (Å²) in [5, 5.41) is 0.476. The third-order valence-corrected chi connectivity index (χ3v) is 2.97. The maximum atomic E-state index is 12.1. The highest BCUT2D eigenvalue weighted by Crippen LogP contribution is 2.27. The van der Waals surface area contributed by atoms with Crippen molar-refractivity contribution in [3.63, 3.8) is 0 Å². The molecule has 4 nitrogen and oxygen atoms in total. The first-order valence-corrected chi connectivity index (χ1v) is 6.60. The van der Waals surface area contributed by atoms with Crippen LogP contribution in [0.1, 0.15) is 29.3 Å². The molecule has 1 aromatic carbocycles. The summed E-state index contributed by atoms with van der Waals surface area (Å²) in [5.41, 5.74) is 1.15. The number of benzene rings is 1. The molecule has 0 amide bonds. The Labute approximate surface area is 123 Å². The number of methoxy groups -OCH3 is 1. The summed E-state index contributed by atoms with van der Waals surface area (Å²) < 4.78 is 9.99. The summed E-state index contributed by atoms with van der Waals surface area (Å²) in [6.07, 6.45) is 3.04. The van der Waals surface area contributed by atoms with Crippen LogP contribution < -0.4 is 4.74 Å². The van der Waals surface area contributed by atoms with Gasteiger partial charge in [0, 0.05) is 11.1 Å². The first-order chi connectivity index (χ1) is 9.49. The molecule has 0 N–H and O–H groups in total. The van der Waals surface area contributed by atoms with Crippen molar-refractivity contribution in [3.05, 3.63) is 40.4 Å². The van der Waals surface area contributed by atoms with E-state index in [-0.39, 0.29) is 5.78 Å². The molecule has 20 heavy (non-hydrogen) atoms. The van der Waals surface area contributed by atoms with Crippen molar-refractivity contribution in [2.75, 3.05) is 13.7 Å². The molecule has 1 aromatic rings. The average molecular weight is 297 g/mol. The van der Waals surface area contributed by atoms with Gasteiger partial charge < -0.3 is 9.47 Å². The number of allylic oxidation sites excluding steroid dienone is 1. The highest BCUT2D eigenvalue weighted by molar-refractivity contribution is 6.32. The number of ketones is 1. The molecule has 0 spiro atoms. The first-order valence-electron chi connectivity index (χ1n) is 6.22. The fourth-order valence-electron chi connectivity index (χ4n) is 1.48. The molecule has 0 fully saturated rings. The van der Waals surface area contributed by atoms with Gasteiger partial charge in [0.2, 0.25) is 0 Å². The molecule has 5 heteroatoms. The predicted octanol–water partition coefficient (Wildman–Crippen LogP) is 3.35. The Kier molecular flexibility index (Phi) is 6.25. The van der Waals surface area contributed by atoms with E-state index in [1.54, 1.807) is 12.1 Å². The zero-order valence-corrected chi connectivity index (χ0v) is 12.5. The molecule has 0 aliphatic carbocycles. The van der Waals surface area contributed by atoms with E-state index in [9.17, 15) is 9.59 Å². The van der Waals surface area contributed by atoms with Crippen molar-refractivity contribution in [2.45, 2.75) is 20.3 Å². The smallest absolute Gasteiger partial charge is 0.330 e. The second kappa shape index (κ2) is 7.70. The number of esters is 1. The number of rotatable bonds is 6. The standard InChI is InChI=1S/C15H17ClO4/c1-4-7-20-14-8-10(2)12(16)9-11(14)13(17)5-6-15(18)19-3/h5-6,8-9H,4,7H2,1-3H3/b6-5+. The van der Waals surface area contributed by atoms with Gasteiger partial charge in [-0.3, -0.25) is 4.79 Å². The summed E-state index contributed by atoms with van der Waals surface area (Å²) in [6, 6.07) is 3.27. The number of halogens is 1. The molecule has 0 aliphatic heterocycles. The van der Waals surface area contributed by atoms with E-state index in [1.165, 1.54) is 7.11 Å². The van der Waals surface area contributed by atoms with E-state index in [1.807, 2.05) is 13.8 Å².